The lowest BCUT2D eigenvalue weighted by atomic mass is 10.1. The normalized spacial score (nSPS) is 12.0. The topological polar surface area (TPSA) is 81.2 Å². The van der Waals surface area contributed by atoms with Gasteiger partial charge in [0.1, 0.15) is 0 Å². The van der Waals surface area contributed by atoms with E-state index in [1.54, 1.807) is 42.6 Å². The Hall–Kier alpha value is -3.07. The first-order chi connectivity index (χ1) is 16.0. The van der Waals surface area contributed by atoms with Crippen LogP contribution in [0.1, 0.15) is 24.0 Å². The molecule has 0 spiro atoms. The van der Waals surface area contributed by atoms with Gasteiger partial charge in [-0.25, -0.2) is 17.4 Å². The minimum atomic E-state index is -3.74. The molecule has 2 aromatic carbocycles. The quantitative estimate of drug-likeness (QED) is 0.280. The fourth-order valence-electron chi connectivity index (χ4n) is 3.94. The molecule has 4 aromatic rings. The lowest BCUT2D eigenvalue weighted by Gasteiger charge is -2.22. The molecule has 0 saturated carbocycles. The number of nitrogens with zero attached hydrogens (tertiary/aromatic N) is 3. The molecule has 0 aliphatic carbocycles. The van der Waals surface area contributed by atoms with Crippen molar-refractivity contribution in [2.45, 2.75) is 30.8 Å². The zero-order valence-electron chi connectivity index (χ0n) is 18.3. The monoisotopic (exact) mass is 466 g/mol. The van der Waals surface area contributed by atoms with Gasteiger partial charge >= 0.3 is 0 Å². The fourth-order valence-corrected chi connectivity index (χ4v) is 5.35. The lowest BCUT2D eigenvalue weighted by molar-refractivity contribution is 0.252. The highest BCUT2D eigenvalue weighted by Gasteiger charge is 2.22. The second-order valence-electron chi connectivity index (χ2n) is 7.98. The van der Waals surface area contributed by atoms with Crippen molar-refractivity contribution in [3.63, 3.8) is 0 Å². The van der Waals surface area contributed by atoms with Crippen molar-refractivity contribution >= 4 is 20.9 Å². The zero-order valence-corrected chi connectivity index (χ0v) is 19.1. The van der Waals surface area contributed by atoms with Crippen LogP contribution >= 0.6 is 0 Å². The molecule has 0 aliphatic heterocycles. The molecule has 0 amide bonds. The summed E-state index contributed by atoms with van der Waals surface area (Å²) < 4.78 is 41.4. The number of para-hydroxylation sites is 1. The van der Waals surface area contributed by atoms with Crippen LogP contribution in [0.25, 0.3) is 10.9 Å². The third-order valence-electron chi connectivity index (χ3n) is 5.58. The van der Waals surface area contributed by atoms with Crippen LogP contribution in [-0.4, -0.2) is 35.4 Å². The molecule has 33 heavy (non-hydrogen) atoms. The molecule has 8 heteroatoms. The average molecular weight is 467 g/mol. The lowest BCUT2D eigenvalue weighted by Crippen LogP contribution is -2.24. The van der Waals surface area contributed by atoms with Gasteiger partial charge in [-0.05, 0) is 61.3 Å². The van der Waals surface area contributed by atoms with Crippen molar-refractivity contribution in [2.75, 3.05) is 13.1 Å². The number of benzene rings is 2. The number of nitrogens with two attached hydrogens (primary N) is 1. The molecule has 0 atom stereocenters. The molecule has 4 rings (SSSR count). The van der Waals surface area contributed by atoms with Crippen LogP contribution < -0.4 is 5.73 Å². The maximum atomic E-state index is 13.4. The number of hydrogen-bond acceptors (Lipinski definition) is 5. The number of hydrogen-bond donors (Lipinski definition) is 1. The maximum absolute atomic E-state index is 13.4. The van der Waals surface area contributed by atoms with Gasteiger partial charge in [0.15, 0.2) is 0 Å². The molecule has 2 heterocycles. The minimum Gasteiger partial charge on any atom is -0.330 e. The highest BCUT2D eigenvalue weighted by molar-refractivity contribution is 7.90. The van der Waals surface area contributed by atoms with Gasteiger partial charge in [-0.3, -0.25) is 4.90 Å². The summed E-state index contributed by atoms with van der Waals surface area (Å²) in [4.78, 5) is 6.22. The van der Waals surface area contributed by atoms with Crippen molar-refractivity contribution in [2.24, 2.45) is 5.73 Å². The van der Waals surface area contributed by atoms with Gasteiger partial charge in [-0.15, -0.1) is 0 Å². The highest BCUT2D eigenvalue weighted by atomic mass is 32.2. The van der Waals surface area contributed by atoms with Crippen LogP contribution in [0.2, 0.25) is 0 Å². The standard InChI is InChI=1S/C25H27FN4O2S/c26-25-13-12-20(16-28-25)17-29(15-7-6-14-27)18-21-19-30(24-11-5-4-10-23(21)24)33(31,32)22-8-2-1-3-9-22/h1-5,8-13,16,19H,6-7,14-15,17-18,27H2. The SMILES string of the molecule is NCCCCN(Cc1ccc(F)nc1)Cc1cn(S(=O)(=O)c2ccccc2)c2ccccc12. The summed E-state index contributed by atoms with van der Waals surface area (Å²) in [5.74, 6) is -0.511. The molecule has 0 radical (unpaired) electrons. The highest BCUT2D eigenvalue weighted by Crippen LogP contribution is 2.27. The first-order valence-electron chi connectivity index (χ1n) is 10.9. The van der Waals surface area contributed by atoms with Gasteiger partial charge in [0, 0.05) is 30.9 Å². The number of aromatic nitrogens is 2. The Morgan fingerprint density at radius 1 is 0.939 bits per heavy atom. The predicted molar refractivity (Wildman–Crippen MR) is 128 cm³/mol. The van der Waals surface area contributed by atoms with E-state index in [2.05, 4.69) is 9.88 Å². The Morgan fingerprint density at radius 3 is 2.42 bits per heavy atom. The third-order valence-corrected chi connectivity index (χ3v) is 7.27. The first-order valence-corrected chi connectivity index (χ1v) is 12.4. The van der Waals surface area contributed by atoms with Gasteiger partial charge in [-0.2, -0.15) is 4.39 Å². The maximum Gasteiger partial charge on any atom is 0.268 e. The van der Waals surface area contributed by atoms with E-state index in [9.17, 15) is 12.8 Å². The number of pyridine rings is 1. The van der Waals surface area contributed by atoms with Crippen LogP contribution in [0.4, 0.5) is 4.39 Å². The molecule has 0 bridgehead atoms. The number of rotatable bonds is 10. The largest absolute Gasteiger partial charge is 0.330 e. The first kappa shape index (κ1) is 23.1. The van der Waals surface area contributed by atoms with E-state index >= 15 is 0 Å². The van der Waals surface area contributed by atoms with Crippen LogP contribution in [-0.2, 0) is 23.1 Å². The smallest absolute Gasteiger partial charge is 0.268 e. The summed E-state index contributed by atoms with van der Waals surface area (Å²) in [5, 5.41) is 0.887. The summed E-state index contributed by atoms with van der Waals surface area (Å²) in [7, 11) is -3.74. The van der Waals surface area contributed by atoms with Gasteiger partial charge < -0.3 is 5.73 Å². The van der Waals surface area contributed by atoms with E-state index < -0.39 is 16.0 Å². The van der Waals surface area contributed by atoms with Crippen LogP contribution in [0.15, 0.2) is 84.0 Å². The third kappa shape index (κ3) is 5.30. The van der Waals surface area contributed by atoms with Crippen LogP contribution in [0.3, 0.4) is 0 Å². The second kappa shape index (κ2) is 10.2. The van der Waals surface area contributed by atoms with Crippen molar-refractivity contribution in [1.29, 1.82) is 0 Å². The van der Waals surface area contributed by atoms with Crippen molar-refractivity contribution < 1.29 is 12.8 Å². The number of unbranched alkanes of at least 4 members (excludes halogenated alkanes) is 1. The second-order valence-corrected chi connectivity index (χ2v) is 9.80. The predicted octanol–water partition coefficient (Wildman–Crippen LogP) is 4.15. The minimum absolute atomic E-state index is 0.245. The Morgan fingerprint density at radius 2 is 1.70 bits per heavy atom. The Kier molecular flexibility index (Phi) is 7.17. The fraction of sp³-hybridized carbons (Fsp3) is 0.240. The van der Waals surface area contributed by atoms with Crippen molar-refractivity contribution in [3.05, 3.63) is 96.2 Å². The van der Waals surface area contributed by atoms with E-state index in [4.69, 9.17) is 5.73 Å². The average Bonchev–Trinajstić information content (AvgIpc) is 3.20. The molecular formula is C25H27FN4O2S. The molecule has 2 aromatic heterocycles. The molecular weight excluding hydrogens is 439 g/mol. The van der Waals surface area contributed by atoms with E-state index in [0.717, 1.165) is 35.9 Å². The summed E-state index contributed by atoms with van der Waals surface area (Å²) in [6, 6.07) is 19.0. The van der Waals surface area contributed by atoms with Crippen LogP contribution in [0.5, 0.6) is 0 Å². The van der Waals surface area contributed by atoms with Gasteiger partial charge in [0.05, 0.1) is 10.4 Å². The molecule has 0 aliphatic rings. The van der Waals surface area contributed by atoms with E-state index in [1.165, 1.54) is 16.2 Å². The molecule has 172 valence electrons. The van der Waals surface area contributed by atoms with Crippen LogP contribution in [0, 0.1) is 5.95 Å². The molecule has 0 fully saturated rings. The van der Waals surface area contributed by atoms with E-state index in [-0.39, 0.29) is 4.90 Å². The molecule has 6 nitrogen and oxygen atoms in total. The Labute approximate surface area is 193 Å². The van der Waals surface area contributed by atoms with Crippen molar-refractivity contribution in [1.82, 2.24) is 13.9 Å². The van der Waals surface area contributed by atoms with Crippen molar-refractivity contribution in [3.8, 4) is 0 Å². The number of halogens is 1. The summed E-state index contributed by atoms with van der Waals surface area (Å²) >= 11 is 0. The summed E-state index contributed by atoms with van der Waals surface area (Å²) in [6.07, 6.45) is 5.05. The van der Waals surface area contributed by atoms with E-state index in [1.807, 2.05) is 24.3 Å². The zero-order chi connectivity index (χ0) is 23.3. The summed E-state index contributed by atoms with van der Waals surface area (Å²) in [6.45, 7) is 2.50. The summed E-state index contributed by atoms with van der Waals surface area (Å²) in [5.41, 5.74) is 8.12. The molecule has 0 saturated heterocycles. The Bertz CT molecular complexity index is 1310. The van der Waals surface area contributed by atoms with Gasteiger partial charge in [-0.1, -0.05) is 42.5 Å². The number of fused-ring (bicyclic) bond motifs is 1. The van der Waals surface area contributed by atoms with Gasteiger partial charge in [0.25, 0.3) is 10.0 Å². The Balaban J connectivity index is 1.69. The molecule has 0 unspecified atom stereocenters. The van der Waals surface area contributed by atoms with Gasteiger partial charge in [0.2, 0.25) is 5.95 Å². The molecule has 2 N–H and O–H groups in total. The van der Waals surface area contributed by atoms with E-state index in [0.29, 0.717) is 25.2 Å².